The molecule has 0 fully saturated rings. The number of carbonyl (C=O) groups is 1. The van der Waals surface area contributed by atoms with Gasteiger partial charge in [-0.2, -0.15) is 0 Å². The average molecular weight is 408 g/mol. The minimum absolute atomic E-state index is 0.0994. The molecule has 0 aliphatic carbocycles. The maximum Gasteiger partial charge on any atom is 0.336 e. The van der Waals surface area contributed by atoms with Gasteiger partial charge in [0, 0.05) is 43.2 Å². The average Bonchev–Trinajstić information content (AvgIpc) is 2.72. The number of nitrogens with one attached hydrogen (secondary N) is 1. The van der Waals surface area contributed by atoms with Crippen LogP contribution in [0.15, 0.2) is 57.7 Å². The SMILES string of the molecule is CCN(Cc1cc(=O)oc2cc(NC(C)=O)ccc12)CC1COc2ccccc2O1. The zero-order valence-electron chi connectivity index (χ0n) is 17.0. The number of para-hydroxylation sites is 2. The lowest BCUT2D eigenvalue weighted by molar-refractivity contribution is -0.114. The van der Waals surface area contributed by atoms with Gasteiger partial charge in [-0.1, -0.05) is 19.1 Å². The second-order valence-electron chi connectivity index (χ2n) is 7.31. The topological polar surface area (TPSA) is 81.0 Å². The Kier molecular flexibility index (Phi) is 5.72. The number of fused-ring (bicyclic) bond motifs is 2. The number of likely N-dealkylation sites (N-methyl/N-ethyl adjacent to an activating group) is 1. The molecule has 0 radical (unpaired) electrons. The van der Waals surface area contributed by atoms with E-state index in [1.54, 1.807) is 12.1 Å². The molecule has 30 heavy (non-hydrogen) atoms. The molecule has 2 aromatic carbocycles. The van der Waals surface area contributed by atoms with E-state index in [0.29, 0.717) is 31.0 Å². The van der Waals surface area contributed by atoms with Crippen LogP contribution in [0.1, 0.15) is 19.4 Å². The van der Waals surface area contributed by atoms with Gasteiger partial charge in [-0.3, -0.25) is 9.69 Å². The van der Waals surface area contributed by atoms with Gasteiger partial charge < -0.3 is 19.2 Å². The number of hydrogen-bond acceptors (Lipinski definition) is 6. The van der Waals surface area contributed by atoms with Crippen molar-refractivity contribution in [1.82, 2.24) is 4.90 Å². The van der Waals surface area contributed by atoms with Crippen LogP contribution in [-0.4, -0.2) is 36.6 Å². The first-order valence-corrected chi connectivity index (χ1v) is 9.97. The second-order valence-corrected chi connectivity index (χ2v) is 7.31. The molecule has 7 nitrogen and oxygen atoms in total. The molecule has 1 aromatic heterocycles. The van der Waals surface area contributed by atoms with Crippen LogP contribution >= 0.6 is 0 Å². The Morgan fingerprint density at radius 2 is 1.97 bits per heavy atom. The summed E-state index contributed by atoms with van der Waals surface area (Å²) in [6.45, 7) is 6.00. The molecule has 1 N–H and O–H groups in total. The van der Waals surface area contributed by atoms with Gasteiger partial charge >= 0.3 is 5.63 Å². The summed E-state index contributed by atoms with van der Waals surface area (Å²) in [5.41, 5.74) is 1.49. The Labute approximate surface area is 174 Å². The van der Waals surface area contributed by atoms with E-state index in [1.165, 1.54) is 13.0 Å². The van der Waals surface area contributed by atoms with Gasteiger partial charge in [0.1, 0.15) is 18.3 Å². The Balaban J connectivity index is 1.53. The molecule has 4 rings (SSSR count). The molecule has 1 aliphatic rings. The van der Waals surface area contributed by atoms with Gasteiger partial charge in [-0.05, 0) is 36.4 Å². The molecule has 3 aromatic rings. The van der Waals surface area contributed by atoms with Crippen molar-refractivity contribution in [3.05, 3.63) is 64.5 Å². The highest BCUT2D eigenvalue weighted by molar-refractivity contribution is 5.92. The zero-order chi connectivity index (χ0) is 21.1. The fourth-order valence-electron chi connectivity index (χ4n) is 3.63. The predicted octanol–water partition coefficient (Wildman–Crippen LogP) is 3.41. The Hall–Kier alpha value is -3.32. The van der Waals surface area contributed by atoms with Gasteiger partial charge in [0.25, 0.3) is 0 Å². The summed E-state index contributed by atoms with van der Waals surface area (Å²) < 4.78 is 17.3. The highest BCUT2D eigenvalue weighted by atomic mass is 16.6. The maximum absolute atomic E-state index is 12.1. The third-order valence-corrected chi connectivity index (χ3v) is 5.02. The van der Waals surface area contributed by atoms with Gasteiger partial charge in [-0.15, -0.1) is 0 Å². The number of ether oxygens (including phenoxy) is 2. The second kappa shape index (κ2) is 8.59. The third-order valence-electron chi connectivity index (χ3n) is 5.02. The molecular formula is C23H24N2O5. The Morgan fingerprint density at radius 1 is 1.17 bits per heavy atom. The number of amides is 1. The largest absolute Gasteiger partial charge is 0.486 e. The molecule has 1 amide bonds. The molecule has 2 heterocycles. The quantitative estimate of drug-likeness (QED) is 0.630. The molecule has 0 saturated carbocycles. The highest BCUT2D eigenvalue weighted by Gasteiger charge is 2.23. The van der Waals surface area contributed by atoms with E-state index in [2.05, 4.69) is 17.1 Å². The van der Waals surface area contributed by atoms with Crippen LogP contribution in [0.3, 0.4) is 0 Å². The lowest BCUT2D eigenvalue weighted by atomic mass is 10.1. The molecular weight excluding hydrogens is 384 g/mol. The number of benzene rings is 2. The monoisotopic (exact) mass is 408 g/mol. The normalized spacial score (nSPS) is 15.4. The van der Waals surface area contributed by atoms with E-state index in [1.807, 2.05) is 30.3 Å². The molecule has 156 valence electrons. The van der Waals surface area contributed by atoms with Crippen LogP contribution in [0.4, 0.5) is 5.69 Å². The molecule has 0 bridgehead atoms. The summed E-state index contributed by atoms with van der Waals surface area (Å²) in [4.78, 5) is 25.6. The Morgan fingerprint density at radius 3 is 2.73 bits per heavy atom. The van der Waals surface area contributed by atoms with Crippen molar-refractivity contribution in [3.63, 3.8) is 0 Å². The molecule has 7 heteroatoms. The summed E-state index contributed by atoms with van der Waals surface area (Å²) in [5, 5.41) is 3.55. The smallest absolute Gasteiger partial charge is 0.336 e. The van der Waals surface area contributed by atoms with E-state index >= 15 is 0 Å². The van der Waals surface area contributed by atoms with Crippen molar-refractivity contribution in [2.75, 3.05) is 25.0 Å². The lowest BCUT2D eigenvalue weighted by Crippen LogP contribution is -2.40. The van der Waals surface area contributed by atoms with Crippen LogP contribution < -0.4 is 20.4 Å². The van der Waals surface area contributed by atoms with E-state index in [-0.39, 0.29) is 12.0 Å². The molecule has 1 atom stereocenters. The molecule has 1 unspecified atom stereocenters. The van der Waals surface area contributed by atoms with Crippen LogP contribution in [0.2, 0.25) is 0 Å². The first-order valence-electron chi connectivity index (χ1n) is 9.97. The van der Waals surface area contributed by atoms with E-state index in [9.17, 15) is 9.59 Å². The number of nitrogens with zero attached hydrogens (tertiary/aromatic N) is 1. The van der Waals surface area contributed by atoms with Crippen LogP contribution in [0.5, 0.6) is 11.5 Å². The number of carbonyl (C=O) groups excluding carboxylic acids is 1. The predicted molar refractivity (Wildman–Crippen MR) is 114 cm³/mol. The van der Waals surface area contributed by atoms with Crippen LogP contribution in [0.25, 0.3) is 11.0 Å². The first-order chi connectivity index (χ1) is 14.5. The summed E-state index contributed by atoms with van der Waals surface area (Å²) in [5.74, 6) is 1.33. The molecule has 0 spiro atoms. The van der Waals surface area contributed by atoms with Crippen molar-refractivity contribution < 1.29 is 18.7 Å². The van der Waals surface area contributed by atoms with Crippen molar-refractivity contribution in [1.29, 1.82) is 0 Å². The van der Waals surface area contributed by atoms with Crippen molar-refractivity contribution in [3.8, 4) is 11.5 Å². The summed E-state index contributed by atoms with van der Waals surface area (Å²) in [7, 11) is 0. The fraction of sp³-hybridized carbons (Fsp3) is 0.304. The number of hydrogen-bond donors (Lipinski definition) is 1. The minimum atomic E-state index is -0.417. The summed E-state index contributed by atoms with van der Waals surface area (Å²) >= 11 is 0. The van der Waals surface area contributed by atoms with Gasteiger partial charge in [0.15, 0.2) is 11.5 Å². The molecule has 1 aliphatic heterocycles. The van der Waals surface area contributed by atoms with Gasteiger partial charge in [0.05, 0.1) is 0 Å². The van der Waals surface area contributed by atoms with E-state index < -0.39 is 5.63 Å². The maximum atomic E-state index is 12.1. The first kappa shape index (κ1) is 20.0. The zero-order valence-corrected chi connectivity index (χ0v) is 17.0. The number of rotatable bonds is 6. The lowest BCUT2D eigenvalue weighted by Gasteiger charge is -2.31. The van der Waals surface area contributed by atoms with Crippen molar-refractivity contribution in [2.24, 2.45) is 0 Å². The van der Waals surface area contributed by atoms with E-state index in [4.69, 9.17) is 13.9 Å². The molecule has 0 saturated heterocycles. The van der Waals surface area contributed by atoms with Crippen LogP contribution in [0, 0.1) is 0 Å². The highest BCUT2D eigenvalue weighted by Crippen LogP contribution is 2.31. The van der Waals surface area contributed by atoms with Crippen molar-refractivity contribution >= 4 is 22.6 Å². The van der Waals surface area contributed by atoms with Gasteiger partial charge in [0.2, 0.25) is 5.91 Å². The van der Waals surface area contributed by atoms with Gasteiger partial charge in [-0.25, -0.2) is 4.79 Å². The summed E-state index contributed by atoms with van der Waals surface area (Å²) in [6, 6.07) is 14.5. The van der Waals surface area contributed by atoms with E-state index in [0.717, 1.165) is 29.0 Å². The fourth-order valence-corrected chi connectivity index (χ4v) is 3.63. The minimum Gasteiger partial charge on any atom is -0.486 e. The van der Waals surface area contributed by atoms with Crippen molar-refractivity contribution in [2.45, 2.75) is 26.5 Å². The van der Waals surface area contributed by atoms with Crippen LogP contribution in [-0.2, 0) is 11.3 Å². The third kappa shape index (κ3) is 4.46. The Bertz CT molecular complexity index is 1120. The number of anilines is 1. The standard InChI is InChI=1S/C23H24N2O5/c1-3-25(13-18-14-28-20-6-4-5-7-21(20)29-18)12-16-10-23(27)30-22-11-17(24-15(2)26)8-9-19(16)22/h4-11,18H,3,12-14H2,1-2H3,(H,24,26). The summed E-state index contributed by atoms with van der Waals surface area (Å²) in [6.07, 6.45) is -0.0994.